The van der Waals surface area contributed by atoms with Gasteiger partial charge in [0.1, 0.15) is 0 Å². The lowest BCUT2D eigenvalue weighted by Crippen LogP contribution is -2.03. The Bertz CT molecular complexity index is 2470. The molecule has 0 amide bonds. The second-order valence-corrected chi connectivity index (χ2v) is 10.6. The van der Waals surface area contributed by atoms with E-state index in [-0.39, 0.29) is 0 Å². The van der Waals surface area contributed by atoms with Crippen LogP contribution in [0.4, 0.5) is 0 Å². The van der Waals surface area contributed by atoms with E-state index in [2.05, 4.69) is 132 Å². The van der Waals surface area contributed by atoms with Gasteiger partial charge < -0.3 is 0 Å². The lowest BCUT2D eigenvalue weighted by molar-refractivity contribution is 1.01. The van der Waals surface area contributed by atoms with Gasteiger partial charge in [-0.05, 0) is 56.6 Å². The fourth-order valence-electron chi connectivity index (χ4n) is 6.56. The summed E-state index contributed by atoms with van der Waals surface area (Å²) in [6.07, 6.45) is 0. The van der Waals surface area contributed by atoms with E-state index >= 15 is 0 Å². The quantitative estimate of drug-likeness (QED) is 0.212. The number of rotatable bonds is 2. The molecule has 9 rings (SSSR count). The first-order valence-electron chi connectivity index (χ1n) is 13.9. The molecule has 0 saturated heterocycles. The van der Waals surface area contributed by atoms with Crippen molar-refractivity contribution in [2.24, 2.45) is 0 Å². The third-order valence-electron chi connectivity index (χ3n) is 8.38. The third-order valence-corrected chi connectivity index (χ3v) is 8.38. The Hall–Kier alpha value is -5.54. The lowest BCUT2D eigenvalue weighted by atomic mass is 9.93. The Balaban J connectivity index is 1.46. The van der Waals surface area contributed by atoms with E-state index in [0.29, 0.717) is 5.95 Å². The van der Waals surface area contributed by atoms with Crippen LogP contribution >= 0.6 is 0 Å². The molecule has 41 heavy (non-hydrogen) atoms. The zero-order valence-electron chi connectivity index (χ0n) is 22.1. The summed E-state index contributed by atoms with van der Waals surface area (Å²) < 4.78 is 2.24. The van der Waals surface area contributed by atoms with Crippen LogP contribution in [0.5, 0.6) is 0 Å². The van der Waals surface area contributed by atoms with Crippen LogP contribution in [0, 0.1) is 0 Å². The fourth-order valence-corrected chi connectivity index (χ4v) is 6.56. The van der Waals surface area contributed by atoms with E-state index in [0.717, 1.165) is 33.2 Å². The van der Waals surface area contributed by atoms with Crippen molar-refractivity contribution in [1.82, 2.24) is 14.5 Å². The minimum atomic E-state index is 0.679. The van der Waals surface area contributed by atoms with Crippen LogP contribution in [0.15, 0.2) is 140 Å². The van der Waals surface area contributed by atoms with E-state index in [1.807, 2.05) is 12.1 Å². The van der Waals surface area contributed by atoms with E-state index in [4.69, 9.17) is 9.97 Å². The molecule has 0 aliphatic rings. The maximum Gasteiger partial charge on any atom is 0.235 e. The summed E-state index contributed by atoms with van der Waals surface area (Å²) in [5.41, 5.74) is 5.15. The molecule has 0 bridgehead atoms. The zero-order valence-corrected chi connectivity index (χ0v) is 22.1. The first-order chi connectivity index (χ1) is 20.3. The van der Waals surface area contributed by atoms with Gasteiger partial charge in [-0.25, -0.2) is 9.97 Å². The van der Waals surface area contributed by atoms with Gasteiger partial charge in [0.05, 0.1) is 22.2 Å². The lowest BCUT2D eigenvalue weighted by Gasteiger charge is -2.13. The second kappa shape index (κ2) is 8.48. The van der Waals surface area contributed by atoms with E-state index in [1.54, 1.807) is 0 Å². The first-order valence-corrected chi connectivity index (χ1v) is 13.9. The van der Waals surface area contributed by atoms with Gasteiger partial charge in [0.15, 0.2) is 0 Å². The van der Waals surface area contributed by atoms with Crippen LogP contribution in [0.25, 0.3) is 82.2 Å². The summed E-state index contributed by atoms with van der Waals surface area (Å²) in [4.78, 5) is 10.4. The molecule has 3 heteroatoms. The normalized spacial score (nSPS) is 11.9. The smallest absolute Gasteiger partial charge is 0.235 e. The molecular formula is C38H23N3. The Morgan fingerprint density at radius 1 is 0.366 bits per heavy atom. The van der Waals surface area contributed by atoms with Crippen molar-refractivity contribution in [1.29, 1.82) is 0 Å². The summed E-state index contributed by atoms with van der Waals surface area (Å²) in [7, 11) is 0. The molecule has 0 fully saturated rings. The SMILES string of the molecule is c1ccc(-c2nc(-n3c4ccccc4c4cc5c6ccccc6c6ccccc6c5cc43)nc3ccccc23)cc1. The predicted octanol–water partition coefficient (Wildman–Crippen LogP) is 9.85. The highest BCUT2D eigenvalue weighted by Crippen LogP contribution is 2.40. The molecule has 0 spiro atoms. The van der Waals surface area contributed by atoms with Crippen LogP contribution in [0.3, 0.4) is 0 Å². The van der Waals surface area contributed by atoms with Gasteiger partial charge >= 0.3 is 0 Å². The number of aromatic nitrogens is 3. The van der Waals surface area contributed by atoms with Crippen LogP contribution in [0.1, 0.15) is 0 Å². The Kier molecular flexibility index (Phi) is 4.61. The van der Waals surface area contributed by atoms with E-state index in [9.17, 15) is 0 Å². The van der Waals surface area contributed by atoms with Crippen LogP contribution < -0.4 is 0 Å². The topological polar surface area (TPSA) is 30.7 Å². The summed E-state index contributed by atoms with van der Waals surface area (Å²) >= 11 is 0. The van der Waals surface area contributed by atoms with Crippen molar-refractivity contribution >= 4 is 65.0 Å². The molecule has 7 aromatic carbocycles. The van der Waals surface area contributed by atoms with Crippen molar-refractivity contribution in [3.63, 3.8) is 0 Å². The molecule has 3 nitrogen and oxygen atoms in total. The Labute approximate surface area is 235 Å². The summed E-state index contributed by atoms with van der Waals surface area (Å²) in [5.74, 6) is 0.679. The molecular weight excluding hydrogens is 498 g/mol. The van der Waals surface area contributed by atoms with Gasteiger partial charge in [-0.1, -0.05) is 115 Å². The second-order valence-electron chi connectivity index (χ2n) is 10.6. The number of hydrogen-bond donors (Lipinski definition) is 0. The van der Waals surface area contributed by atoms with Gasteiger partial charge in [-0.3, -0.25) is 4.57 Å². The number of hydrogen-bond acceptors (Lipinski definition) is 2. The number of benzene rings is 7. The molecule has 0 radical (unpaired) electrons. The average molecular weight is 522 g/mol. The summed E-state index contributed by atoms with van der Waals surface area (Å²) in [5, 5.41) is 11.0. The molecule has 0 N–H and O–H groups in total. The van der Waals surface area contributed by atoms with Crippen LogP contribution in [-0.4, -0.2) is 14.5 Å². The Morgan fingerprint density at radius 2 is 0.902 bits per heavy atom. The average Bonchev–Trinajstić information content (AvgIpc) is 3.37. The first kappa shape index (κ1) is 22.3. The van der Waals surface area contributed by atoms with Crippen molar-refractivity contribution in [3.8, 4) is 17.2 Å². The molecule has 9 aromatic rings. The molecule has 0 saturated carbocycles. The van der Waals surface area contributed by atoms with Crippen molar-refractivity contribution in [2.45, 2.75) is 0 Å². The summed E-state index contributed by atoms with van der Waals surface area (Å²) in [6, 6.07) is 49.5. The van der Waals surface area contributed by atoms with Crippen LogP contribution in [0.2, 0.25) is 0 Å². The maximum absolute atomic E-state index is 5.26. The molecule has 0 aliphatic carbocycles. The van der Waals surface area contributed by atoms with E-state index in [1.165, 1.54) is 43.1 Å². The van der Waals surface area contributed by atoms with Gasteiger partial charge in [0, 0.05) is 21.7 Å². The number of para-hydroxylation sites is 2. The maximum atomic E-state index is 5.26. The highest BCUT2D eigenvalue weighted by molar-refractivity contribution is 6.28. The van der Waals surface area contributed by atoms with Gasteiger partial charge in [-0.15, -0.1) is 0 Å². The van der Waals surface area contributed by atoms with Crippen molar-refractivity contribution in [3.05, 3.63) is 140 Å². The van der Waals surface area contributed by atoms with Crippen molar-refractivity contribution < 1.29 is 0 Å². The monoisotopic (exact) mass is 521 g/mol. The van der Waals surface area contributed by atoms with E-state index < -0.39 is 0 Å². The molecule has 190 valence electrons. The number of nitrogens with zero attached hydrogens (tertiary/aromatic N) is 3. The Morgan fingerprint density at radius 3 is 1.61 bits per heavy atom. The highest BCUT2D eigenvalue weighted by atomic mass is 15.2. The standard InChI is InChI=1S/C38H23N3/c1-2-12-24(13-3-1)37-30-19-8-10-20-34(30)39-38(40-37)41-35-21-11-9-18-29(35)33-22-31-27-16-6-4-14-25(27)26-15-5-7-17-28(26)32(31)23-36(33)41/h1-23H. The zero-order chi connectivity index (χ0) is 26.9. The minimum absolute atomic E-state index is 0.679. The molecule has 0 aliphatic heterocycles. The molecule has 2 aromatic heterocycles. The van der Waals surface area contributed by atoms with Gasteiger partial charge in [0.25, 0.3) is 0 Å². The van der Waals surface area contributed by atoms with Gasteiger partial charge in [0.2, 0.25) is 5.95 Å². The van der Waals surface area contributed by atoms with Gasteiger partial charge in [-0.2, -0.15) is 0 Å². The predicted molar refractivity (Wildman–Crippen MR) is 172 cm³/mol. The molecule has 0 unspecified atom stereocenters. The number of fused-ring (bicyclic) bond motifs is 10. The fraction of sp³-hybridized carbons (Fsp3) is 0. The molecule has 0 atom stereocenters. The largest absolute Gasteiger partial charge is 0.278 e. The third kappa shape index (κ3) is 3.20. The summed E-state index contributed by atoms with van der Waals surface area (Å²) in [6.45, 7) is 0. The molecule has 2 heterocycles. The van der Waals surface area contributed by atoms with Crippen LogP contribution in [-0.2, 0) is 0 Å². The van der Waals surface area contributed by atoms with Crippen molar-refractivity contribution in [2.75, 3.05) is 0 Å². The minimum Gasteiger partial charge on any atom is -0.278 e. The highest BCUT2D eigenvalue weighted by Gasteiger charge is 2.19.